The van der Waals surface area contributed by atoms with E-state index in [1.807, 2.05) is 27.7 Å². The van der Waals surface area contributed by atoms with Crippen LogP contribution in [0, 0.1) is 6.92 Å². The average molecular weight is 336 g/mol. The number of hydrogen-bond donors (Lipinski definition) is 0. The van der Waals surface area contributed by atoms with E-state index in [-0.39, 0.29) is 42.2 Å². The molecule has 1 aliphatic heterocycles. The van der Waals surface area contributed by atoms with E-state index in [1.54, 1.807) is 11.8 Å². The van der Waals surface area contributed by atoms with Gasteiger partial charge in [-0.3, -0.25) is 14.4 Å². The summed E-state index contributed by atoms with van der Waals surface area (Å²) in [7, 11) is 0. The largest absolute Gasteiger partial charge is 0.476 e. The highest BCUT2D eigenvalue weighted by molar-refractivity contribution is 5.87. The van der Waals surface area contributed by atoms with Gasteiger partial charge in [-0.15, -0.1) is 0 Å². The van der Waals surface area contributed by atoms with Gasteiger partial charge < -0.3 is 19.0 Å². The molecule has 7 nitrogen and oxygen atoms in total. The molecule has 2 rings (SSSR count). The van der Waals surface area contributed by atoms with Crippen LogP contribution in [0.15, 0.2) is 21.5 Å². The van der Waals surface area contributed by atoms with Crippen LogP contribution < -0.4 is 10.2 Å². The fourth-order valence-electron chi connectivity index (χ4n) is 3.24. The van der Waals surface area contributed by atoms with E-state index in [1.165, 1.54) is 17.2 Å². The van der Waals surface area contributed by atoms with Crippen LogP contribution in [-0.2, 0) is 9.59 Å². The number of amides is 2. The lowest BCUT2D eigenvalue weighted by atomic mass is 9.96. The van der Waals surface area contributed by atoms with Crippen molar-refractivity contribution >= 4 is 11.8 Å². The van der Waals surface area contributed by atoms with E-state index in [4.69, 9.17) is 9.15 Å². The van der Waals surface area contributed by atoms with Crippen LogP contribution in [0.3, 0.4) is 0 Å². The smallest absolute Gasteiger partial charge is 0.261 e. The molecular weight excluding hydrogens is 312 g/mol. The van der Waals surface area contributed by atoms with Crippen molar-refractivity contribution in [3.8, 4) is 5.75 Å². The Kier molecular flexibility index (Phi) is 5.01. The molecule has 0 radical (unpaired) electrons. The number of aryl methyl sites for hydroxylation is 1. The van der Waals surface area contributed by atoms with Crippen LogP contribution in [0.5, 0.6) is 5.75 Å². The Morgan fingerprint density at radius 1 is 1.38 bits per heavy atom. The predicted octanol–water partition coefficient (Wildman–Crippen LogP) is 1.18. The first-order chi connectivity index (χ1) is 11.1. The maximum Gasteiger partial charge on any atom is 0.261 e. The van der Waals surface area contributed by atoms with E-state index >= 15 is 0 Å². The molecule has 0 aliphatic carbocycles. The molecule has 0 saturated carbocycles. The van der Waals surface area contributed by atoms with Crippen molar-refractivity contribution in [3.05, 3.63) is 28.3 Å². The van der Waals surface area contributed by atoms with Gasteiger partial charge in [0, 0.05) is 18.7 Å². The molecule has 2 heterocycles. The van der Waals surface area contributed by atoms with Crippen LogP contribution in [0.1, 0.15) is 33.5 Å². The van der Waals surface area contributed by atoms with Gasteiger partial charge in [0.1, 0.15) is 5.76 Å². The third kappa shape index (κ3) is 3.60. The summed E-state index contributed by atoms with van der Waals surface area (Å²) in [5.74, 6) is -0.0823. The highest BCUT2D eigenvalue weighted by Crippen LogP contribution is 2.24. The molecule has 1 aromatic heterocycles. The Hall–Kier alpha value is -2.31. The van der Waals surface area contributed by atoms with E-state index in [0.717, 1.165) is 0 Å². The molecule has 0 spiro atoms. The summed E-state index contributed by atoms with van der Waals surface area (Å²) in [5.41, 5.74) is -0.798. The SMILES string of the molecule is Cc1occc(=O)c1OCC(=O)N1CC(=O)N(C(C)C)C(C)(C)C1. The minimum absolute atomic E-state index is 0.0200. The summed E-state index contributed by atoms with van der Waals surface area (Å²) in [6.07, 6.45) is 1.28. The van der Waals surface area contributed by atoms with Crippen molar-refractivity contribution in [3.63, 3.8) is 0 Å². The normalized spacial score (nSPS) is 17.3. The number of rotatable bonds is 4. The van der Waals surface area contributed by atoms with E-state index in [9.17, 15) is 14.4 Å². The maximum atomic E-state index is 12.4. The van der Waals surface area contributed by atoms with Gasteiger partial charge in [-0.25, -0.2) is 0 Å². The molecule has 132 valence electrons. The number of piperazine rings is 1. The van der Waals surface area contributed by atoms with Gasteiger partial charge in [-0.2, -0.15) is 0 Å². The zero-order chi connectivity index (χ0) is 18.1. The van der Waals surface area contributed by atoms with Crippen LogP contribution in [0.2, 0.25) is 0 Å². The summed E-state index contributed by atoms with van der Waals surface area (Å²) < 4.78 is 10.4. The van der Waals surface area contributed by atoms with Gasteiger partial charge in [0.2, 0.25) is 17.1 Å². The fourth-order valence-corrected chi connectivity index (χ4v) is 3.24. The Balaban J connectivity index is 2.06. The maximum absolute atomic E-state index is 12.4. The molecule has 1 saturated heterocycles. The zero-order valence-electron chi connectivity index (χ0n) is 14.8. The van der Waals surface area contributed by atoms with Gasteiger partial charge in [-0.05, 0) is 34.6 Å². The van der Waals surface area contributed by atoms with Gasteiger partial charge in [0.15, 0.2) is 6.61 Å². The molecular formula is C17H24N2O5. The average Bonchev–Trinajstić information content (AvgIpc) is 2.44. The molecule has 7 heteroatoms. The molecule has 0 bridgehead atoms. The molecule has 0 unspecified atom stereocenters. The van der Waals surface area contributed by atoms with E-state index in [0.29, 0.717) is 12.3 Å². The standard InChI is InChI=1S/C17H24N2O5/c1-11(2)19-14(21)8-18(10-17(19,4)5)15(22)9-24-16-12(3)23-7-6-13(16)20/h6-7,11H,8-10H2,1-5H3. The quantitative estimate of drug-likeness (QED) is 0.825. The van der Waals surface area contributed by atoms with Crippen molar-refractivity contribution in [2.24, 2.45) is 0 Å². The van der Waals surface area contributed by atoms with Crippen molar-refractivity contribution in [2.75, 3.05) is 19.7 Å². The van der Waals surface area contributed by atoms with Crippen molar-refractivity contribution in [1.82, 2.24) is 9.80 Å². The summed E-state index contributed by atoms with van der Waals surface area (Å²) >= 11 is 0. The van der Waals surface area contributed by atoms with Gasteiger partial charge in [-0.1, -0.05) is 0 Å². The van der Waals surface area contributed by atoms with Crippen molar-refractivity contribution < 1.29 is 18.7 Å². The molecule has 1 fully saturated rings. The molecule has 1 aliphatic rings. The lowest BCUT2D eigenvalue weighted by Crippen LogP contribution is -2.65. The van der Waals surface area contributed by atoms with Gasteiger partial charge >= 0.3 is 0 Å². The second-order valence-corrected chi connectivity index (χ2v) is 6.88. The first-order valence-corrected chi connectivity index (χ1v) is 7.94. The predicted molar refractivity (Wildman–Crippen MR) is 87.9 cm³/mol. The molecule has 0 N–H and O–H groups in total. The fraction of sp³-hybridized carbons (Fsp3) is 0.588. The Labute approximate surface area is 141 Å². The second kappa shape index (κ2) is 6.67. The molecule has 0 atom stereocenters. The van der Waals surface area contributed by atoms with E-state index < -0.39 is 5.54 Å². The van der Waals surface area contributed by atoms with Gasteiger partial charge in [0.05, 0.1) is 18.3 Å². The minimum atomic E-state index is -0.457. The van der Waals surface area contributed by atoms with Gasteiger partial charge in [0.25, 0.3) is 5.91 Å². The topological polar surface area (TPSA) is 80.1 Å². The molecule has 2 amide bonds. The molecule has 1 aromatic rings. The number of carbonyl (C=O) groups excluding carboxylic acids is 2. The zero-order valence-corrected chi connectivity index (χ0v) is 14.8. The second-order valence-electron chi connectivity index (χ2n) is 6.88. The molecule has 0 aromatic carbocycles. The first-order valence-electron chi connectivity index (χ1n) is 7.94. The molecule has 24 heavy (non-hydrogen) atoms. The van der Waals surface area contributed by atoms with Crippen LogP contribution >= 0.6 is 0 Å². The van der Waals surface area contributed by atoms with Crippen LogP contribution in [0.4, 0.5) is 0 Å². The highest BCUT2D eigenvalue weighted by atomic mass is 16.5. The number of nitrogens with zero attached hydrogens (tertiary/aromatic N) is 2. The van der Waals surface area contributed by atoms with Crippen molar-refractivity contribution in [2.45, 2.75) is 46.2 Å². The third-order valence-electron chi connectivity index (χ3n) is 4.04. The number of carbonyl (C=O) groups is 2. The Morgan fingerprint density at radius 3 is 2.58 bits per heavy atom. The lowest BCUT2D eigenvalue weighted by Gasteiger charge is -2.48. The third-order valence-corrected chi connectivity index (χ3v) is 4.04. The highest BCUT2D eigenvalue weighted by Gasteiger charge is 2.41. The monoisotopic (exact) mass is 336 g/mol. The summed E-state index contributed by atoms with van der Waals surface area (Å²) in [5, 5.41) is 0. The summed E-state index contributed by atoms with van der Waals surface area (Å²) in [4.78, 5) is 39.8. The van der Waals surface area contributed by atoms with Crippen LogP contribution in [-0.4, -0.2) is 52.9 Å². The lowest BCUT2D eigenvalue weighted by molar-refractivity contribution is -0.156. The van der Waals surface area contributed by atoms with E-state index in [2.05, 4.69) is 0 Å². The minimum Gasteiger partial charge on any atom is -0.476 e. The number of hydrogen-bond acceptors (Lipinski definition) is 5. The van der Waals surface area contributed by atoms with Crippen LogP contribution in [0.25, 0.3) is 0 Å². The summed E-state index contributed by atoms with van der Waals surface area (Å²) in [6.45, 7) is 9.50. The Morgan fingerprint density at radius 2 is 2.04 bits per heavy atom. The first kappa shape index (κ1) is 18.0. The number of ether oxygens (including phenoxy) is 1. The summed E-state index contributed by atoms with van der Waals surface area (Å²) in [6, 6.07) is 1.30. The Bertz CT molecular complexity index is 692. The van der Waals surface area contributed by atoms with Crippen molar-refractivity contribution in [1.29, 1.82) is 0 Å².